The van der Waals surface area contributed by atoms with Crippen molar-refractivity contribution in [3.05, 3.63) is 27.4 Å². The van der Waals surface area contributed by atoms with E-state index >= 15 is 0 Å². The topological polar surface area (TPSA) is 38.7 Å². The first-order valence-corrected chi connectivity index (χ1v) is 9.92. The minimum Gasteiger partial charge on any atom is -0.400 e. The first-order chi connectivity index (χ1) is 11.3. The minimum absolute atomic E-state index is 0.0516. The van der Waals surface area contributed by atoms with Gasteiger partial charge in [-0.3, -0.25) is 0 Å². The van der Waals surface area contributed by atoms with Crippen molar-refractivity contribution in [3.63, 3.8) is 0 Å². The second-order valence-corrected chi connectivity index (χ2v) is 8.53. The highest BCUT2D eigenvalue weighted by Crippen LogP contribution is 2.39. The third-order valence-corrected chi connectivity index (χ3v) is 6.04. The average Bonchev–Trinajstić information content (AvgIpc) is 3.03. The summed E-state index contributed by atoms with van der Waals surface area (Å²) in [6, 6.07) is 2.20. The summed E-state index contributed by atoms with van der Waals surface area (Å²) in [6.45, 7) is 10.3. The Bertz CT molecular complexity index is 547. The van der Waals surface area contributed by atoms with E-state index < -0.39 is 7.12 Å². The van der Waals surface area contributed by atoms with Crippen LogP contribution >= 0.6 is 11.3 Å². The number of thiophene rings is 1. The van der Waals surface area contributed by atoms with Gasteiger partial charge in [0.25, 0.3) is 0 Å². The number of aliphatic hydroxyl groups excluding tert-OH is 1. The summed E-state index contributed by atoms with van der Waals surface area (Å²) in [5.41, 5.74) is 1.39. The minimum atomic E-state index is -0.477. The quantitative estimate of drug-likeness (QED) is 0.537. The van der Waals surface area contributed by atoms with Gasteiger partial charge in [0.15, 0.2) is 0 Å². The Labute approximate surface area is 151 Å². The fourth-order valence-corrected chi connectivity index (χ4v) is 3.69. The number of aryl methyl sites for hydroxylation is 1. The van der Waals surface area contributed by atoms with Gasteiger partial charge in [0.2, 0.25) is 0 Å². The summed E-state index contributed by atoms with van der Waals surface area (Å²) in [7, 11) is -0.477. The summed E-state index contributed by atoms with van der Waals surface area (Å²) >= 11 is 1.72. The second-order valence-electron chi connectivity index (χ2n) is 7.59. The van der Waals surface area contributed by atoms with E-state index in [9.17, 15) is 5.11 Å². The average molecular weight is 350 g/mol. The van der Waals surface area contributed by atoms with E-state index in [0.717, 1.165) is 11.9 Å². The molecular weight excluding hydrogens is 319 g/mol. The lowest BCUT2D eigenvalue weighted by molar-refractivity contribution is 0.00578. The summed E-state index contributed by atoms with van der Waals surface area (Å²) in [5.74, 6) is 0. The van der Waals surface area contributed by atoms with E-state index in [1.807, 2.05) is 27.7 Å². The molecule has 0 radical (unpaired) electrons. The number of unbranched alkanes of at least 4 members (excludes halogenated alkanes) is 3. The molecule has 0 amide bonds. The molecule has 1 aromatic rings. The lowest BCUT2D eigenvalue weighted by Crippen LogP contribution is -2.41. The molecule has 3 nitrogen and oxygen atoms in total. The molecule has 5 heteroatoms. The van der Waals surface area contributed by atoms with Gasteiger partial charge in [-0.05, 0) is 69.1 Å². The maximum atomic E-state index is 9.84. The molecule has 0 aliphatic carbocycles. The van der Waals surface area contributed by atoms with Crippen molar-refractivity contribution in [3.8, 4) is 0 Å². The molecule has 0 spiro atoms. The standard InChI is InChI=1S/C19H31BO3S/c1-6-7-8-9-10-15-11-12-24-17(15)13-16(14-21)20-22-18(2,3)19(4,5)23-20/h11-13,21H,6-10,14H2,1-5H3. The molecule has 134 valence electrons. The molecule has 0 unspecified atom stereocenters. The van der Waals surface area contributed by atoms with Crippen LogP contribution in [-0.4, -0.2) is 30.0 Å². The third-order valence-electron chi connectivity index (χ3n) is 5.14. The van der Waals surface area contributed by atoms with E-state index in [1.165, 1.54) is 36.1 Å². The van der Waals surface area contributed by atoms with E-state index in [0.29, 0.717) is 0 Å². The molecule has 0 bridgehead atoms. The predicted octanol–water partition coefficient (Wildman–Crippen LogP) is 4.88. The van der Waals surface area contributed by atoms with Crippen LogP contribution in [0.2, 0.25) is 0 Å². The maximum Gasteiger partial charge on any atom is 0.492 e. The molecule has 24 heavy (non-hydrogen) atoms. The van der Waals surface area contributed by atoms with Crippen LogP contribution in [0.1, 0.15) is 70.7 Å². The van der Waals surface area contributed by atoms with Crippen molar-refractivity contribution < 1.29 is 14.4 Å². The van der Waals surface area contributed by atoms with Gasteiger partial charge in [0, 0.05) is 4.88 Å². The molecular formula is C19H31BO3S. The second kappa shape index (κ2) is 8.18. The lowest BCUT2D eigenvalue weighted by Gasteiger charge is -2.32. The highest BCUT2D eigenvalue weighted by Gasteiger charge is 2.52. The Kier molecular flexibility index (Phi) is 6.71. The molecule has 1 N–H and O–H groups in total. The largest absolute Gasteiger partial charge is 0.492 e. The van der Waals surface area contributed by atoms with Gasteiger partial charge >= 0.3 is 7.12 Å². The Morgan fingerprint density at radius 1 is 1.17 bits per heavy atom. The molecule has 1 fully saturated rings. The Morgan fingerprint density at radius 2 is 1.83 bits per heavy atom. The summed E-state index contributed by atoms with van der Waals surface area (Å²) in [4.78, 5) is 1.21. The van der Waals surface area contributed by atoms with Gasteiger partial charge in [-0.25, -0.2) is 0 Å². The van der Waals surface area contributed by atoms with Gasteiger partial charge in [-0.1, -0.05) is 26.2 Å². The SMILES string of the molecule is CCCCCCc1ccsc1C=C(CO)B1OC(C)(C)C(C)(C)O1. The fourth-order valence-electron chi connectivity index (χ4n) is 2.77. The molecule has 2 heterocycles. The van der Waals surface area contributed by atoms with Crippen LogP contribution in [-0.2, 0) is 15.7 Å². The van der Waals surface area contributed by atoms with Gasteiger partial charge in [0.05, 0.1) is 17.8 Å². The van der Waals surface area contributed by atoms with Crippen LogP contribution in [0, 0.1) is 0 Å². The first-order valence-electron chi connectivity index (χ1n) is 9.04. The smallest absolute Gasteiger partial charge is 0.400 e. The Balaban J connectivity index is 2.10. The highest BCUT2D eigenvalue weighted by atomic mass is 32.1. The Morgan fingerprint density at radius 3 is 2.42 bits per heavy atom. The third kappa shape index (κ3) is 4.51. The molecule has 0 aromatic carbocycles. The lowest BCUT2D eigenvalue weighted by atomic mass is 9.78. The van der Waals surface area contributed by atoms with Crippen molar-refractivity contribution in [1.82, 2.24) is 0 Å². The van der Waals surface area contributed by atoms with Crippen LogP contribution in [0.5, 0.6) is 0 Å². The van der Waals surface area contributed by atoms with E-state index in [1.54, 1.807) is 11.3 Å². The maximum absolute atomic E-state index is 9.84. The predicted molar refractivity (Wildman–Crippen MR) is 103 cm³/mol. The zero-order valence-electron chi connectivity index (χ0n) is 15.7. The van der Waals surface area contributed by atoms with Crippen LogP contribution in [0.15, 0.2) is 16.9 Å². The van der Waals surface area contributed by atoms with Crippen molar-refractivity contribution in [2.24, 2.45) is 0 Å². The van der Waals surface area contributed by atoms with Crippen LogP contribution in [0.3, 0.4) is 0 Å². The van der Waals surface area contributed by atoms with E-state index in [4.69, 9.17) is 9.31 Å². The van der Waals surface area contributed by atoms with Gasteiger partial charge in [-0.15, -0.1) is 11.3 Å². The summed E-state index contributed by atoms with van der Waals surface area (Å²) in [5, 5.41) is 12.0. The van der Waals surface area contributed by atoms with Crippen molar-refractivity contribution in [2.75, 3.05) is 6.61 Å². The highest BCUT2D eigenvalue weighted by molar-refractivity contribution is 7.11. The van der Waals surface area contributed by atoms with Crippen molar-refractivity contribution >= 4 is 24.5 Å². The Hall–Kier alpha value is -0.615. The van der Waals surface area contributed by atoms with E-state index in [-0.39, 0.29) is 17.8 Å². The number of hydrogen-bond donors (Lipinski definition) is 1. The first kappa shape index (κ1) is 19.7. The number of hydrogen-bond acceptors (Lipinski definition) is 4. The molecule has 0 saturated carbocycles. The van der Waals surface area contributed by atoms with Crippen LogP contribution in [0.25, 0.3) is 6.08 Å². The molecule has 1 saturated heterocycles. The van der Waals surface area contributed by atoms with Crippen LogP contribution < -0.4 is 0 Å². The fraction of sp³-hybridized carbons (Fsp3) is 0.684. The molecule has 1 aliphatic heterocycles. The zero-order valence-corrected chi connectivity index (χ0v) is 16.5. The number of aliphatic hydroxyl groups is 1. The van der Waals surface area contributed by atoms with Gasteiger partial charge in [0.1, 0.15) is 0 Å². The molecule has 1 aliphatic rings. The van der Waals surface area contributed by atoms with Crippen LogP contribution in [0.4, 0.5) is 0 Å². The zero-order chi connectivity index (χ0) is 17.8. The van der Waals surface area contributed by atoms with E-state index in [2.05, 4.69) is 24.4 Å². The molecule has 1 aromatic heterocycles. The van der Waals surface area contributed by atoms with Crippen molar-refractivity contribution in [1.29, 1.82) is 0 Å². The molecule has 0 atom stereocenters. The normalized spacial score (nSPS) is 19.9. The summed E-state index contributed by atoms with van der Waals surface area (Å²) < 4.78 is 12.1. The molecule has 2 rings (SSSR count). The van der Waals surface area contributed by atoms with Gasteiger partial charge < -0.3 is 14.4 Å². The monoisotopic (exact) mass is 350 g/mol. The summed E-state index contributed by atoms with van der Waals surface area (Å²) in [6.07, 6.45) is 8.20. The number of rotatable bonds is 8. The van der Waals surface area contributed by atoms with Gasteiger partial charge in [-0.2, -0.15) is 0 Å². The van der Waals surface area contributed by atoms with Crippen molar-refractivity contribution in [2.45, 2.75) is 77.9 Å².